The fraction of sp³-hybridized carbons (Fsp3) is 0.200. The van der Waals surface area contributed by atoms with Gasteiger partial charge in [-0.25, -0.2) is 13.6 Å². The number of nitrogens with two attached hydrogens (primary N) is 1. The molecule has 2 aromatic rings. The average Bonchev–Trinajstić information content (AvgIpc) is 2.47. The Bertz CT molecular complexity index is 839. The van der Waals surface area contributed by atoms with E-state index in [2.05, 4.69) is 5.32 Å². The standard InChI is InChI=1S/C15H14ClF3N2O2S/c16-13-4-2-1-3-10(13)7-8-21-11-5-6-14(24(20,22)23)12(9-11)15(17,18)19/h1-6,9,21H,7-8H2,(H2,20,22,23). The minimum Gasteiger partial charge on any atom is -0.385 e. The van der Waals surface area contributed by atoms with E-state index in [1.54, 1.807) is 12.1 Å². The molecular formula is C15H14ClF3N2O2S. The van der Waals surface area contributed by atoms with Gasteiger partial charge in [-0.05, 0) is 36.2 Å². The Hall–Kier alpha value is -1.77. The fourth-order valence-electron chi connectivity index (χ4n) is 2.15. The number of sulfonamides is 1. The van der Waals surface area contributed by atoms with E-state index in [1.165, 1.54) is 6.07 Å². The summed E-state index contributed by atoms with van der Waals surface area (Å²) in [5.41, 5.74) is -0.307. The van der Waals surface area contributed by atoms with Crippen molar-refractivity contribution in [3.8, 4) is 0 Å². The molecule has 0 unspecified atom stereocenters. The highest BCUT2D eigenvalue weighted by molar-refractivity contribution is 7.89. The normalized spacial score (nSPS) is 12.2. The maximum atomic E-state index is 13.0. The van der Waals surface area contributed by atoms with Crippen molar-refractivity contribution < 1.29 is 21.6 Å². The van der Waals surface area contributed by atoms with Crippen LogP contribution >= 0.6 is 11.6 Å². The number of primary sulfonamides is 1. The first kappa shape index (κ1) is 18.6. The molecule has 0 heterocycles. The summed E-state index contributed by atoms with van der Waals surface area (Å²) in [5, 5.41) is 8.22. The van der Waals surface area contributed by atoms with Crippen LogP contribution in [-0.4, -0.2) is 15.0 Å². The summed E-state index contributed by atoms with van der Waals surface area (Å²) >= 11 is 6.00. The lowest BCUT2D eigenvalue weighted by Gasteiger charge is -2.14. The summed E-state index contributed by atoms with van der Waals surface area (Å²) in [6.07, 6.45) is -4.33. The van der Waals surface area contributed by atoms with Gasteiger partial charge in [-0.3, -0.25) is 0 Å². The maximum absolute atomic E-state index is 13.0. The third kappa shape index (κ3) is 4.62. The fourth-order valence-corrected chi connectivity index (χ4v) is 3.12. The highest BCUT2D eigenvalue weighted by Crippen LogP contribution is 2.35. The van der Waals surface area contributed by atoms with Crippen molar-refractivity contribution in [2.45, 2.75) is 17.5 Å². The zero-order valence-electron chi connectivity index (χ0n) is 12.3. The van der Waals surface area contributed by atoms with Crippen LogP contribution in [-0.2, 0) is 22.6 Å². The molecule has 130 valence electrons. The summed E-state index contributed by atoms with van der Waals surface area (Å²) in [6, 6.07) is 9.93. The molecule has 4 nitrogen and oxygen atoms in total. The molecule has 0 saturated heterocycles. The van der Waals surface area contributed by atoms with Crippen LogP contribution in [0.2, 0.25) is 5.02 Å². The molecule has 0 amide bonds. The van der Waals surface area contributed by atoms with Crippen molar-refractivity contribution in [1.82, 2.24) is 0 Å². The lowest BCUT2D eigenvalue weighted by atomic mass is 10.1. The van der Waals surface area contributed by atoms with E-state index < -0.39 is 26.7 Å². The highest BCUT2D eigenvalue weighted by Gasteiger charge is 2.36. The lowest BCUT2D eigenvalue weighted by molar-refractivity contribution is -0.139. The molecule has 0 aromatic heterocycles. The quantitative estimate of drug-likeness (QED) is 0.834. The number of halogens is 4. The summed E-state index contributed by atoms with van der Waals surface area (Å²) < 4.78 is 61.7. The lowest BCUT2D eigenvalue weighted by Crippen LogP contribution is -2.19. The van der Waals surface area contributed by atoms with E-state index >= 15 is 0 Å². The Morgan fingerprint density at radius 2 is 1.79 bits per heavy atom. The van der Waals surface area contributed by atoms with Crippen LogP contribution in [0.15, 0.2) is 47.4 Å². The van der Waals surface area contributed by atoms with Gasteiger partial charge in [0.15, 0.2) is 0 Å². The van der Waals surface area contributed by atoms with Gasteiger partial charge in [-0.15, -0.1) is 0 Å². The molecule has 0 fully saturated rings. The van der Waals surface area contributed by atoms with Crippen LogP contribution in [0, 0.1) is 0 Å². The molecular weight excluding hydrogens is 365 g/mol. The number of hydrogen-bond donors (Lipinski definition) is 2. The van der Waals surface area contributed by atoms with E-state index in [0.717, 1.165) is 17.7 Å². The molecule has 2 rings (SSSR count). The molecule has 0 saturated carbocycles. The van der Waals surface area contributed by atoms with Crippen molar-refractivity contribution in [2.75, 3.05) is 11.9 Å². The summed E-state index contributed by atoms with van der Waals surface area (Å²) in [4.78, 5) is -0.952. The van der Waals surface area contributed by atoms with Gasteiger partial charge >= 0.3 is 6.18 Å². The summed E-state index contributed by atoms with van der Waals surface area (Å²) in [5.74, 6) is 0. The smallest absolute Gasteiger partial charge is 0.385 e. The van der Waals surface area contributed by atoms with Crippen LogP contribution < -0.4 is 10.5 Å². The average molecular weight is 379 g/mol. The SMILES string of the molecule is NS(=O)(=O)c1ccc(NCCc2ccccc2Cl)cc1C(F)(F)F. The Morgan fingerprint density at radius 3 is 2.38 bits per heavy atom. The molecule has 3 N–H and O–H groups in total. The molecule has 0 aliphatic rings. The number of alkyl halides is 3. The van der Waals surface area contributed by atoms with E-state index in [-0.39, 0.29) is 5.69 Å². The van der Waals surface area contributed by atoms with Crippen LogP contribution in [0.4, 0.5) is 18.9 Å². The molecule has 9 heteroatoms. The first-order valence-corrected chi connectivity index (χ1v) is 8.73. The Kier molecular flexibility index (Phi) is 5.42. The van der Waals surface area contributed by atoms with Gasteiger partial charge in [0, 0.05) is 17.3 Å². The molecule has 0 atom stereocenters. The van der Waals surface area contributed by atoms with Gasteiger partial charge in [-0.2, -0.15) is 13.2 Å². The topological polar surface area (TPSA) is 72.2 Å². The van der Waals surface area contributed by atoms with E-state index in [9.17, 15) is 21.6 Å². The van der Waals surface area contributed by atoms with Crippen LogP contribution in [0.1, 0.15) is 11.1 Å². The summed E-state index contributed by atoms with van der Waals surface area (Å²) in [7, 11) is -4.47. The number of anilines is 1. The van der Waals surface area contributed by atoms with Gasteiger partial charge in [0.25, 0.3) is 0 Å². The number of benzene rings is 2. The van der Waals surface area contributed by atoms with Crippen molar-refractivity contribution in [1.29, 1.82) is 0 Å². The molecule has 0 aliphatic carbocycles. The molecule has 0 aliphatic heterocycles. The minimum atomic E-state index is -4.83. The molecule has 0 spiro atoms. The van der Waals surface area contributed by atoms with Crippen molar-refractivity contribution in [2.24, 2.45) is 5.14 Å². The molecule has 2 aromatic carbocycles. The number of hydrogen-bond acceptors (Lipinski definition) is 3. The van der Waals surface area contributed by atoms with Gasteiger partial charge in [0.05, 0.1) is 10.5 Å². The first-order chi connectivity index (χ1) is 11.1. The second-order valence-corrected chi connectivity index (χ2v) is 6.96. The number of nitrogens with one attached hydrogen (secondary N) is 1. The third-order valence-electron chi connectivity index (χ3n) is 3.27. The maximum Gasteiger partial charge on any atom is 0.417 e. The number of rotatable bonds is 5. The monoisotopic (exact) mass is 378 g/mol. The van der Waals surface area contributed by atoms with Gasteiger partial charge in [0.2, 0.25) is 10.0 Å². The predicted molar refractivity (Wildman–Crippen MR) is 86.5 cm³/mol. The van der Waals surface area contributed by atoms with Crippen molar-refractivity contribution in [3.63, 3.8) is 0 Å². The van der Waals surface area contributed by atoms with Crippen LogP contribution in [0.25, 0.3) is 0 Å². The second kappa shape index (κ2) is 7.00. The Morgan fingerprint density at radius 1 is 1.12 bits per heavy atom. The Balaban J connectivity index is 2.19. The second-order valence-electron chi connectivity index (χ2n) is 5.02. The third-order valence-corrected chi connectivity index (χ3v) is 4.61. The van der Waals surface area contributed by atoms with E-state index in [1.807, 2.05) is 12.1 Å². The van der Waals surface area contributed by atoms with E-state index in [0.29, 0.717) is 18.0 Å². The first-order valence-electron chi connectivity index (χ1n) is 6.80. The summed E-state index contributed by atoms with van der Waals surface area (Å²) in [6.45, 7) is 0.329. The Labute approximate surface area is 142 Å². The van der Waals surface area contributed by atoms with Crippen molar-refractivity contribution in [3.05, 3.63) is 58.6 Å². The van der Waals surface area contributed by atoms with Gasteiger partial charge < -0.3 is 5.32 Å². The highest BCUT2D eigenvalue weighted by atomic mass is 35.5. The van der Waals surface area contributed by atoms with Crippen LogP contribution in [0.5, 0.6) is 0 Å². The minimum absolute atomic E-state index is 0.141. The van der Waals surface area contributed by atoms with E-state index in [4.69, 9.17) is 16.7 Å². The molecule has 0 bridgehead atoms. The zero-order valence-corrected chi connectivity index (χ0v) is 13.8. The van der Waals surface area contributed by atoms with Gasteiger partial charge in [-0.1, -0.05) is 29.8 Å². The van der Waals surface area contributed by atoms with Gasteiger partial charge in [0.1, 0.15) is 0 Å². The molecule has 0 radical (unpaired) electrons. The molecule has 24 heavy (non-hydrogen) atoms. The van der Waals surface area contributed by atoms with Crippen LogP contribution in [0.3, 0.4) is 0 Å². The largest absolute Gasteiger partial charge is 0.417 e. The predicted octanol–water partition coefficient (Wildman–Crippen LogP) is 3.66. The zero-order chi connectivity index (χ0) is 18.0. The van der Waals surface area contributed by atoms with Crippen molar-refractivity contribution >= 4 is 27.3 Å².